The number of benzene rings is 2. The van der Waals surface area contributed by atoms with Gasteiger partial charge >= 0.3 is 0 Å². The summed E-state index contributed by atoms with van der Waals surface area (Å²) in [7, 11) is 0. The predicted molar refractivity (Wildman–Crippen MR) is 106 cm³/mol. The maximum atomic E-state index is 13.3. The van der Waals surface area contributed by atoms with Crippen molar-refractivity contribution in [3.8, 4) is 16.9 Å². The Hall–Kier alpha value is -3.03. The van der Waals surface area contributed by atoms with Gasteiger partial charge in [-0.2, -0.15) is 5.10 Å². The van der Waals surface area contributed by atoms with Crippen molar-refractivity contribution >= 4 is 5.91 Å². The number of nitrogens with zero attached hydrogens (tertiary/aromatic N) is 2. The molecule has 1 N–H and O–H groups in total. The molecule has 0 radical (unpaired) electrons. The highest BCUT2D eigenvalue weighted by Crippen LogP contribution is 2.24. The predicted octanol–water partition coefficient (Wildman–Crippen LogP) is 4.17. The molecule has 1 unspecified atom stereocenters. The van der Waals surface area contributed by atoms with Crippen LogP contribution in [0.15, 0.2) is 54.7 Å². The van der Waals surface area contributed by atoms with E-state index in [4.69, 9.17) is 9.57 Å². The first-order valence-corrected chi connectivity index (χ1v) is 9.60. The van der Waals surface area contributed by atoms with Crippen LogP contribution in [0.25, 0.3) is 16.9 Å². The Morgan fingerprint density at radius 1 is 1.17 bits per heavy atom. The summed E-state index contributed by atoms with van der Waals surface area (Å²) < 4.78 is 20.3. The molecule has 6 nitrogen and oxygen atoms in total. The van der Waals surface area contributed by atoms with Crippen molar-refractivity contribution in [2.75, 3.05) is 6.61 Å². The zero-order valence-corrected chi connectivity index (χ0v) is 16.1. The number of hydrogen-bond acceptors (Lipinski definition) is 4. The lowest BCUT2D eigenvalue weighted by atomic mass is 10.1. The summed E-state index contributed by atoms with van der Waals surface area (Å²) in [6.07, 6.45) is 3.90. The van der Waals surface area contributed by atoms with E-state index in [1.165, 1.54) is 12.1 Å². The number of hydroxylamine groups is 1. The molecule has 0 saturated carbocycles. The molecule has 0 spiro atoms. The Morgan fingerprint density at radius 2 is 1.93 bits per heavy atom. The minimum atomic E-state index is -0.442. The summed E-state index contributed by atoms with van der Waals surface area (Å²) in [5, 5.41) is 4.57. The number of nitrogens with one attached hydrogen (secondary N) is 1. The van der Waals surface area contributed by atoms with Gasteiger partial charge < -0.3 is 4.74 Å². The molecule has 0 bridgehead atoms. The van der Waals surface area contributed by atoms with Crippen LogP contribution in [-0.2, 0) is 9.57 Å². The first-order chi connectivity index (χ1) is 14.1. The number of rotatable bonds is 5. The molecule has 2 heterocycles. The minimum absolute atomic E-state index is 0.335. The fourth-order valence-electron chi connectivity index (χ4n) is 3.17. The number of aryl methyl sites for hydroxylation is 1. The first kappa shape index (κ1) is 19.3. The summed E-state index contributed by atoms with van der Waals surface area (Å²) in [5.41, 5.74) is 5.91. The maximum Gasteiger partial charge on any atom is 0.278 e. The number of amides is 1. The largest absolute Gasteiger partial charge is 0.350 e. The number of carbonyl (C=O) groups excluding carboxylic acids is 1. The Kier molecular flexibility index (Phi) is 5.69. The lowest BCUT2D eigenvalue weighted by Gasteiger charge is -2.22. The molecule has 1 aliphatic rings. The third kappa shape index (κ3) is 4.52. The molecular weight excluding hydrogens is 373 g/mol. The van der Waals surface area contributed by atoms with Gasteiger partial charge in [-0.05, 0) is 44.0 Å². The summed E-state index contributed by atoms with van der Waals surface area (Å²) >= 11 is 0. The highest BCUT2D eigenvalue weighted by Gasteiger charge is 2.21. The Labute approximate surface area is 168 Å². The van der Waals surface area contributed by atoms with Crippen molar-refractivity contribution in [3.05, 3.63) is 71.7 Å². The van der Waals surface area contributed by atoms with Gasteiger partial charge in [0, 0.05) is 24.8 Å². The molecule has 1 fully saturated rings. The normalized spacial score (nSPS) is 16.6. The van der Waals surface area contributed by atoms with Gasteiger partial charge in [-0.3, -0.25) is 4.79 Å². The number of carbonyl (C=O) groups is 1. The molecule has 1 aromatic heterocycles. The molecule has 0 aliphatic carbocycles. The van der Waals surface area contributed by atoms with Crippen LogP contribution in [0.3, 0.4) is 0 Å². The van der Waals surface area contributed by atoms with Crippen LogP contribution >= 0.6 is 0 Å². The van der Waals surface area contributed by atoms with Gasteiger partial charge in [-0.15, -0.1) is 0 Å². The first-order valence-electron chi connectivity index (χ1n) is 9.60. The van der Waals surface area contributed by atoms with Gasteiger partial charge in [-0.25, -0.2) is 19.4 Å². The van der Waals surface area contributed by atoms with E-state index in [-0.39, 0.29) is 5.82 Å². The van der Waals surface area contributed by atoms with Crippen molar-refractivity contribution in [1.82, 2.24) is 15.3 Å². The fourth-order valence-corrected chi connectivity index (χ4v) is 3.17. The number of aromatic nitrogens is 2. The monoisotopic (exact) mass is 395 g/mol. The Morgan fingerprint density at radius 3 is 2.62 bits per heavy atom. The topological polar surface area (TPSA) is 65.4 Å². The lowest BCUT2D eigenvalue weighted by Crippen LogP contribution is -2.33. The van der Waals surface area contributed by atoms with Crippen molar-refractivity contribution in [3.63, 3.8) is 0 Å². The zero-order chi connectivity index (χ0) is 20.2. The summed E-state index contributed by atoms with van der Waals surface area (Å²) in [6, 6.07) is 13.7. The summed E-state index contributed by atoms with van der Waals surface area (Å²) in [6.45, 7) is 2.62. The second-order valence-electron chi connectivity index (χ2n) is 7.02. The average molecular weight is 395 g/mol. The fraction of sp³-hybridized carbons (Fsp3) is 0.273. The quantitative estimate of drug-likeness (QED) is 0.659. The molecule has 2 aromatic carbocycles. The van der Waals surface area contributed by atoms with Crippen LogP contribution in [0.4, 0.5) is 4.39 Å². The molecule has 1 aliphatic heterocycles. The van der Waals surface area contributed by atoms with Gasteiger partial charge in [0.05, 0.1) is 11.3 Å². The van der Waals surface area contributed by atoms with Gasteiger partial charge in [0.25, 0.3) is 5.91 Å². The molecule has 3 aromatic rings. The second kappa shape index (κ2) is 8.55. The highest BCUT2D eigenvalue weighted by atomic mass is 19.1. The van der Waals surface area contributed by atoms with Crippen molar-refractivity contribution in [2.24, 2.45) is 0 Å². The van der Waals surface area contributed by atoms with Crippen molar-refractivity contribution < 1.29 is 18.8 Å². The van der Waals surface area contributed by atoms with Gasteiger partial charge in [0.2, 0.25) is 0 Å². The molecule has 1 amide bonds. The third-order valence-electron chi connectivity index (χ3n) is 4.80. The smallest absolute Gasteiger partial charge is 0.278 e. The van der Waals surface area contributed by atoms with E-state index >= 15 is 0 Å². The van der Waals surface area contributed by atoms with Gasteiger partial charge in [0.1, 0.15) is 11.5 Å². The van der Waals surface area contributed by atoms with Gasteiger partial charge in [-0.1, -0.05) is 29.8 Å². The van der Waals surface area contributed by atoms with E-state index in [1.807, 2.05) is 31.2 Å². The SMILES string of the molecule is Cc1ccc(-c2nn(-c3ccc(F)cc3)cc2C(=O)NOC2CCCCO2)cc1. The van der Waals surface area contributed by atoms with E-state index in [0.717, 1.165) is 30.4 Å². The molecule has 1 saturated heterocycles. The van der Waals surface area contributed by atoms with Crippen LogP contribution < -0.4 is 5.48 Å². The number of ether oxygens (including phenoxy) is 1. The lowest BCUT2D eigenvalue weighted by molar-refractivity contribution is -0.186. The van der Waals surface area contributed by atoms with Crippen LogP contribution in [0.2, 0.25) is 0 Å². The molecule has 29 heavy (non-hydrogen) atoms. The number of hydrogen-bond donors (Lipinski definition) is 1. The number of halogens is 1. The summed E-state index contributed by atoms with van der Waals surface area (Å²) in [4.78, 5) is 18.3. The Balaban J connectivity index is 1.63. The zero-order valence-electron chi connectivity index (χ0n) is 16.1. The molecule has 4 rings (SSSR count). The van der Waals surface area contributed by atoms with Crippen molar-refractivity contribution in [1.29, 1.82) is 0 Å². The molecule has 7 heteroatoms. The van der Waals surface area contributed by atoms with Gasteiger partial charge in [0.15, 0.2) is 6.29 Å². The van der Waals surface area contributed by atoms with Crippen LogP contribution in [-0.4, -0.2) is 28.6 Å². The minimum Gasteiger partial charge on any atom is -0.350 e. The standard InChI is InChI=1S/C22H22FN3O3/c1-15-5-7-16(8-6-15)21-19(22(27)25-29-20-4-2-3-13-28-20)14-26(24-21)18-11-9-17(23)10-12-18/h5-12,14,20H,2-4,13H2,1H3,(H,25,27). The Bertz CT molecular complexity index is 978. The van der Waals surface area contributed by atoms with E-state index in [2.05, 4.69) is 10.6 Å². The van der Waals surface area contributed by atoms with Crippen LogP contribution in [0.1, 0.15) is 35.2 Å². The third-order valence-corrected chi connectivity index (χ3v) is 4.80. The van der Waals surface area contributed by atoms with E-state index in [0.29, 0.717) is 23.6 Å². The second-order valence-corrected chi connectivity index (χ2v) is 7.02. The molecule has 1 atom stereocenters. The van der Waals surface area contributed by atoms with E-state index in [9.17, 15) is 9.18 Å². The summed E-state index contributed by atoms with van der Waals surface area (Å²) in [5.74, 6) is -0.748. The maximum absolute atomic E-state index is 13.3. The van der Waals surface area contributed by atoms with E-state index in [1.54, 1.807) is 23.0 Å². The molecule has 150 valence electrons. The average Bonchev–Trinajstić information content (AvgIpc) is 3.19. The van der Waals surface area contributed by atoms with E-state index < -0.39 is 12.2 Å². The molecular formula is C22H22FN3O3. The van der Waals surface area contributed by atoms with Crippen molar-refractivity contribution in [2.45, 2.75) is 32.5 Å². The highest BCUT2D eigenvalue weighted by molar-refractivity contribution is 5.99. The van der Waals surface area contributed by atoms with Crippen LogP contribution in [0.5, 0.6) is 0 Å². The van der Waals surface area contributed by atoms with Crippen LogP contribution in [0, 0.1) is 12.7 Å².